The van der Waals surface area contributed by atoms with E-state index in [2.05, 4.69) is 15.3 Å². The molecule has 2 aromatic heterocycles. The number of halogens is 1. The molecule has 0 fully saturated rings. The predicted octanol–water partition coefficient (Wildman–Crippen LogP) is 1.98. The number of anilines is 2. The molecule has 0 saturated carbocycles. The number of nitrogens with two attached hydrogens (primary N) is 2. The van der Waals surface area contributed by atoms with Crippen LogP contribution < -0.4 is 16.8 Å². The Bertz CT molecular complexity index is 755. The van der Waals surface area contributed by atoms with E-state index in [1.807, 2.05) is 0 Å². The Kier molecular flexibility index (Phi) is 2.88. The van der Waals surface area contributed by atoms with Gasteiger partial charge in [-0.15, -0.1) is 0 Å². The summed E-state index contributed by atoms with van der Waals surface area (Å²) in [6, 6.07) is 5.35. The van der Waals surface area contributed by atoms with Crippen molar-refractivity contribution in [1.82, 2.24) is 9.97 Å². The number of nitrogen functional groups attached to an aromatic ring is 1. The third-order valence-corrected chi connectivity index (χ3v) is 2.96. The van der Waals surface area contributed by atoms with Gasteiger partial charge in [0.05, 0.1) is 0 Å². The molecule has 0 aliphatic heterocycles. The van der Waals surface area contributed by atoms with Crippen molar-refractivity contribution >= 4 is 45.4 Å². The quantitative estimate of drug-likeness (QED) is 0.676. The summed E-state index contributed by atoms with van der Waals surface area (Å²) in [5.74, 6) is 0.718. The summed E-state index contributed by atoms with van der Waals surface area (Å²) in [6.07, 6.45) is 0. The number of aromatic nitrogens is 2. The van der Waals surface area contributed by atoms with Crippen molar-refractivity contribution in [2.24, 2.45) is 5.73 Å². The minimum Gasteiger partial charge on any atom is -0.450 e. The normalized spacial score (nSPS) is 11.3. The molecule has 0 aliphatic carbocycles. The highest BCUT2D eigenvalue weighted by atomic mass is 35.5. The minimum absolute atomic E-state index is 0.176. The number of benzene rings is 1. The first-order valence-corrected chi connectivity index (χ1v) is 6.16. The smallest absolute Gasteiger partial charge is 0.222 e. The molecule has 0 saturated heterocycles. The van der Waals surface area contributed by atoms with E-state index in [1.165, 1.54) is 0 Å². The number of nitrogens with one attached hydrogen (secondary N) is 1. The van der Waals surface area contributed by atoms with Crippen LogP contribution in [-0.2, 0) is 0 Å². The van der Waals surface area contributed by atoms with E-state index in [0.717, 1.165) is 5.39 Å². The maximum Gasteiger partial charge on any atom is 0.222 e. The summed E-state index contributed by atoms with van der Waals surface area (Å²) in [5, 5.41) is 4.50. The van der Waals surface area contributed by atoms with Gasteiger partial charge in [-0.1, -0.05) is 11.6 Å². The van der Waals surface area contributed by atoms with Gasteiger partial charge >= 0.3 is 0 Å². The fraction of sp³-hybridized carbons (Fsp3) is 0.167. The molecule has 0 aliphatic rings. The van der Waals surface area contributed by atoms with Crippen LogP contribution >= 0.6 is 11.6 Å². The van der Waals surface area contributed by atoms with E-state index >= 15 is 0 Å². The average molecular weight is 278 g/mol. The Morgan fingerprint density at radius 2 is 2.16 bits per heavy atom. The Labute approximate surface area is 113 Å². The lowest BCUT2D eigenvalue weighted by Crippen LogP contribution is -2.14. The van der Waals surface area contributed by atoms with Crippen LogP contribution in [-0.4, -0.2) is 23.1 Å². The molecule has 3 rings (SSSR count). The van der Waals surface area contributed by atoms with Crippen LogP contribution in [0.4, 0.5) is 11.8 Å². The maximum absolute atomic E-state index is 5.99. The molecule has 1 aromatic carbocycles. The van der Waals surface area contributed by atoms with Gasteiger partial charge in [-0.05, 0) is 18.2 Å². The van der Waals surface area contributed by atoms with Crippen molar-refractivity contribution < 1.29 is 4.42 Å². The van der Waals surface area contributed by atoms with E-state index in [1.54, 1.807) is 18.2 Å². The highest BCUT2D eigenvalue weighted by molar-refractivity contribution is 6.31. The largest absolute Gasteiger partial charge is 0.450 e. The first-order chi connectivity index (χ1) is 9.19. The first-order valence-electron chi connectivity index (χ1n) is 5.78. The van der Waals surface area contributed by atoms with E-state index < -0.39 is 0 Å². The Morgan fingerprint density at radius 1 is 1.32 bits per heavy atom. The van der Waals surface area contributed by atoms with Gasteiger partial charge in [-0.25, -0.2) is 4.98 Å². The Hall–Kier alpha value is -2.05. The van der Waals surface area contributed by atoms with Crippen LogP contribution in [0.25, 0.3) is 22.1 Å². The summed E-state index contributed by atoms with van der Waals surface area (Å²) in [6.45, 7) is 1.06. The number of nitrogens with zero attached hydrogens (tertiary/aromatic N) is 2. The fourth-order valence-electron chi connectivity index (χ4n) is 1.94. The van der Waals surface area contributed by atoms with Gasteiger partial charge in [-0.3, -0.25) is 0 Å². The maximum atomic E-state index is 5.99. The Morgan fingerprint density at radius 3 is 2.95 bits per heavy atom. The van der Waals surface area contributed by atoms with Crippen LogP contribution in [0, 0.1) is 0 Å². The monoisotopic (exact) mass is 277 g/mol. The molecule has 7 heteroatoms. The van der Waals surface area contributed by atoms with Crippen LogP contribution in [0.15, 0.2) is 22.6 Å². The third kappa shape index (κ3) is 2.05. The molecule has 19 heavy (non-hydrogen) atoms. The molecular weight excluding hydrogens is 266 g/mol. The topological polar surface area (TPSA) is 103 Å². The van der Waals surface area contributed by atoms with Gasteiger partial charge in [0.25, 0.3) is 0 Å². The van der Waals surface area contributed by atoms with Gasteiger partial charge in [0.2, 0.25) is 5.95 Å². The van der Waals surface area contributed by atoms with E-state index in [4.69, 9.17) is 27.5 Å². The second-order valence-corrected chi connectivity index (χ2v) is 4.50. The van der Waals surface area contributed by atoms with Gasteiger partial charge in [0.1, 0.15) is 11.1 Å². The van der Waals surface area contributed by atoms with Gasteiger partial charge < -0.3 is 21.2 Å². The number of rotatable bonds is 3. The standard InChI is InChI=1S/C12H12ClN5O/c13-6-1-2-8-7(5-6)9-10(19-8)11(16-4-3-14)18-12(15)17-9/h1-2,5H,3-4,14H2,(H3,15,16,17,18). The van der Waals surface area contributed by atoms with Crippen LogP contribution in [0.3, 0.4) is 0 Å². The lowest BCUT2D eigenvalue weighted by atomic mass is 10.2. The predicted molar refractivity (Wildman–Crippen MR) is 76.3 cm³/mol. The second kappa shape index (κ2) is 4.56. The van der Waals surface area contributed by atoms with E-state index in [0.29, 0.717) is 40.6 Å². The van der Waals surface area contributed by atoms with Gasteiger partial charge in [0, 0.05) is 23.5 Å². The summed E-state index contributed by atoms with van der Waals surface area (Å²) < 4.78 is 5.75. The van der Waals surface area contributed by atoms with Crippen LogP contribution in [0.5, 0.6) is 0 Å². The summed E-state index contributed by atoms with van der Waals surface area (Å²) in [4.78, 5) is 8.35. The van der Waals surface area contributed by atoms with Crippen molar-refractivity contribution in [2.75, 3.05) is 24.1 Å². The fourth-order valence-corrected chi connectivity index (χ4v) is 2.12. The number of furan rings is 1. The van der Waals surface area contributed by atoms with Crippen molar-refractivity contribution in [3.05, 3.63) is 23.2 Å². The highest BCUT2D eigenvalue weighted by Gasteiger charge is 2.14. The van der Waals surface area contributed by atoms with Gasteiger partial charge in [0.15, 0.2) is 11.4 Å². The van der Waals surface area contributed by atoms with E-state index in [9.17, 15) is 0 Å². The number of fused-ring (bicyclic) bond motifs is 3. The first kappa shape index (κ1) is 12.0. The second-order valence-electron chi connectivity index (χ2n) is 4.07. The molecule has 0 atom stereocenters. The lowest BCUT2D eigenvalue weighted by molar-refractivity contribution is 0.666. The molecule has 0 amide bonds. The zero-order chi connectivity index (χ0) is 13.4. The lowest BCUT2D eigenvalue weighted by Gasteiger charge is -2.04. The van der Waals surface area contributed by atoms with Crippen LogP contribution in [0.1, 0.15) is 0 Å². The molecule has 2 heterocycles. The molecule has 5 N–H and O–H groups in total. The molecule has 0 radical (unpaired) electrons. The number of hydrogen-bond acceptors (Lipinski definition) is 6. The third-order valence-electron chi connectivity index (χ3n) is 2.73. The number of hydrogen-bond donors (Lipinski definition) is 3. The van der Waals surface area contributed by atoms with Crippen molar-refractivity contribution in [3.8, 4) is 0 Å². The highest BCUT2D eigenvalue weighted by Crippen LogP contribution is 2.33. The minimum atomic E-state index is 0.176. The molecule has 0 bridgehead atoms. The molecule has 6 nitrogen and oxygen atoms in total. The summed E-state index contributed by atoms with van der Waals surface area (Å²) in [5.41, 5.74) is 13.1. The van der Waals surface area contributed by atoms with Crippen molar-refractivity contribution in [2.45, 2.75) is 0 Å². The molecule has 98 valence electrons. The van der Waals surface area contributed by atoms with E-state index in [-0.39, 0.29) is 5.95 Å². The molecule has 3 aromatic rings. The van der Waals surface area contributed by atoms with Gasteiger partial charge in [-0.2, -0.15) is 4.98 Å². The average Bonchev–Trinajstić information content (AvgIpc) is 2.74. The SMILES string of the molecule is NCCNc1nc(N)nc2c1oc1ccc(Cl)cc12. The van der Waals surface area contributed by atoms with Crippen molar-refractivity contribution in [3.63, 3.8) is 0 Å². The zero-order valence-corrected chi connectivity index (χ0v) is 10.7. The molecule has 0 unspecified atom stereocenters. The molecule has 0 spiro atoms. The zero-order valence-electron chi connectivity index (χ0n) is 9.98. The Balaban J connectivity index is 2.30. The summed E-state index contributed by atoms with van der Waals surface area (Å²) in [7, 11) is 0. The van der Waals surface area contributed by atoms with Crippen LogP contribution in [0.2, 0.25) is 5.02 Å². The van der Waals surface area contributed by atoms with Crippen molar-refractivity contribution in [1.29, 1.82) is 0 Å². The summed E-state index contributed by atoms with van der Waals surface area (Å²) >= 11 is 5.99. The molecular formula is C12H12ClN5O.